The van der Waals surface area contributed by atoms with E-state index >= 15 is 0 Å². The van der Waals surface area contributed by atoms with Crippen LogP contribution in [0.2, 0.25) is 0 Å². The Kier molecular flexibility index (Phi) is 5.53. The number of anilines is 1. The molecule has 26 heavy (non-hydrogen) atoms. The Morgan fingerprint density at radius 1 is 1.00 bits per heavy atom. The first-order valence-electron chi connectivity index (χ1n) is 8.25. The lowest BCUT2D eigenvalue weighted by molar-refractivity contribution is 0.0945. The zero-order valence-corrected chi connectivity index (χ0v) is 14.4. The molecule has 0 unspecified atom stereocenters. The summed E-state index contributed by atoms with van der Waals surface area (Å²) in [4.78, 5) is 20.5. The van der Waals surface area contributed by atoms with E-state index in [0.29, 0.717) is 18.9 Å². The minimum Gasteiger partial charge on any atom is -0.365 e. The summed E-state index contributed by atoms with van der Waals surface area (Å²) in [7, 11) is 0. The number of carbonyl (C=O) groups is 1. The number of nitrogens with zero attached hydrogens (tertiary/aromatic N) is 2. The molecule has 1 amide bonds. The number of rotatable bonds is 6. The maximum absolute atomic E-state index is 12.9. The van der Waals surface area contributed by atoms with Crippen LogP contribution in [0.3, 0.4) is 0 Å². The number of hydrogen-bond donors (Lipinski definition) is 2. The summed E-state index contributed by atoms with van der Waals surface area (Å²) < 4.78 is 12.9. The van der Waals surface area contributed by atoms with Crippen molar-refractivity contribution >= 4 is 11.7 Å². The van der Waals surface area contributed by atoms with E-state index in [1.54, 1.807) is 12.1 Å². The van der Waals surface area contributed by atoms with Crippen LogP contribution in [0.4, 0.5) is 10.2 Å². The third-order valence-electron chi connectivity index (χ3n) is 3.97. The van der Waals surface area contributed by atoms with Crippen LogP contribution < -0.4 is 10.6 Å². The topological polar surface area (TPSA) is 66.9 Å². The maximum atomic E-state index is 12.9. The van der Waals surface area contributed by atoms with Crippen molar-refractivity contribution in [2.24, 2.45) is 0 Å². The number of amides is 1. The van der Waals surface area contributed by atoms with Gasteiger partial charge in [-0.1, -0.05) is 36.4 Å². The Hall–Kier alpha value is -3.28. The molecule has 2 aromatic carbocycles. The van der Waals surface area contributed by atoms with E-state index in [4.69, 9.17) is 0 Å². The first-order chi connectivity index (χ1) is 12.6. The van der Waals surface area contributed by atoms with Crippen LogP contribution in [0.25, 0.3) is 0 Å². The summed E-state index contributed by atoms with van der Waals surface area (Å²) >= 11 is 0. The van der Waals surface area contributed by atoms with Crippen molar-refractivity contribution in [3.8, 4) is 0 Å². The second kappa shape index (κ2) is 8.20. The van der Waals surface area contributed by atoms with E-state index in [1.807, 2.05) is 18.2 Å². The Balaban J connectivity index is 1.54. The average molecular weight is 350 g/mol. The third kappa shape index (κ3) is 4.63. The lowest BCUT2D eigenvalue weighted by Crippen LogP contribution is -2.24. The van der Waals surface area contributed by atoms with E-state index < -0.39 is 0 Å². The third-order valence-corrected chi connectivity index (χ3v) is 3.97. The molecule has 0 spiro atoms. The van der Waals surface area contributed by atoms with E-state index in [2.05, 4.69) is 33.6 Å². The second-order valence-corrected chi connectivity index (χ2v) is 5.88. The number of carbonyl (C=O) groups excluding carboxylic acids is 1. The van der Waals surface area contributed by atoms with Crippen LogP contribution in [-0.2, 0) is 13.1 Å². The fraction of sp³-hybridized carbons (Fsp3) is 0.150. The van der Waals surface area contributed by atoms with Gasteiger partial charge in [0.25, 0.3) is 5.91 Å². The van der Waals surface area contributed by atoms with Gasteiger partial charge in [0, 0.05) is 13.1 Å². The van der Waals surface area contributed by atoms with Crippen LogP contribution in [0.15, 0.2) is 60.9 Å². The number of aryl methyl sites for hydroxylation is 1. The molecule has 2 N–H and O–H groups in total. The second-order valence-electron chi connectivity index (χ2n) is 5.88. The smallest absolute Gasteiger partial charge is 0.271 e. The highest BCUT2D eigenvalue weighted by molar-refractivity contribution is 5.91. The van der Waals surface area contributed by atoms with Gasteiger partial charge in [-0.2, -0.15) is 0 Å². The monoisotopic (exact) mass is 350 g/mol. The van der Waals surface area contributed by atoms with E-state index in [0.717, 1.165) is 5.56 Å². The highest BCUT2D eigenvalue weighted by atomic mass is 19.1. The predicted molar refractivity (Wildman–Crippen MR) is 98.1 cm³/mol. The predicted octanol–water partition coefficient (Wildman–Crippen LogP) is 3.47. The van der Waals surface area contributed by atoms with Crippen molar-refractivity contribution in [1.29, 1.82) is 0 Å². The Morgan fingerprint density at radius 3 is 2.46 bits per heavy atom. The largest absolute Gasteiger partial charge is 0.365 e. The molecule has 0 fully saturated rings. The summed E-state index contributed by atoms with van der Waals surface area (Å²) in [5.74, 6) is -0.0321. The number of nitrogens with one attached hydrogen (secondary N) is 2. The summed E-state index contributed by atoms with van der Waals surface area (Å²) in [6, 6.07) is 14.1. The molecule has 6 heteroatoms. The van der Waals surface area contributed by atoms with Crippen LogP contribution >= 0.6 is 0 Å². The van der Waals surface area contributed by atoms with Crippen LogP contribution in [0.1, 0.15) is 27.2 Å². The summed E-state index contributed by atoms with van der Waals surface area (Å²) in [5.41, 5.74) is 3.41. The first kappa shape index (κ1) is 17.5. The number of halogens is 1. The fourth-order valence-corrected chi connectivity index (χ4v) is 2.41. The molecule has 1 aromatic heterocycles. The molecule has 3 rings (SSSR count). The summed E-state index contributed by atoms with van der Waals surface area (Å²) in [5, 5.41) is 5.93. The van der Waals surface area contributed by atoms with Gasteiger partial charge in [0.2, 0.25) is 0 Å². The van der Waals surface area contributed by atoms with Gasteiger partial charge < -0.3 is 10.6 Å². The van der Waals surface area contributed by atoms with Crippen molar-refractivity contribution in [3.05, 3.63) is 89.1 Å². The van der Waals surface area contributed by atoms with Gasteiger partial charge in [0.1, 0.15) is 17.3 Å². The zero-order valence-electron chi connectivity index (χ0n) is 14.4. The summed E-state index contributed by atoms with van der Waals surface area (Å²) in [6.45, 7) is 2.99. The van der Waals surface area contributed by atoms with Gasteiger partial charge in [-0.25, -0.2) is 14.4 Å². The molecule has 3 aromatic rings. The lowest BCUT2D eigenvalue weighted by Gasteiger charge is -2.09. The van der Waals surface area contributed by atoms with Crippen molar-refractivity contribution in [2.45, 2.75) is 20.0 Å². The Labute approximate surface area is 151 Å². The number of aromatic nitrogens is 2. The van der Waals surface area contributed by atoms with Gasteiger partial charge in [-0.05, 0) is 35.7 Å². The number of hydrogen-bond acceptors (Lipinski definition) is 4. The molecule has 132 valence electrons. The molecular formula is C20H19FN4O. The molecule has 0 saturated carbocycles. The molecular weight excluding hydrogens is 331 g/mol. The van der Waals surface area contributed by atoms with Crippen molar-refractivity contribution in [2.75, 3.05) is 5.32 Å². The quantitative estimate of drug-likeness (QED) is 0.714. The number of benzene rings is 2. The van der Waals surface area contributed by atoms with Gasteiger partial charge in [0.05, 0.1) is 12.4 Å². The zero-order chi connectivity index (χ0) is 18.4. The molecule has 0 saturated heterocycles. The van der Waals surface area contributed by atoms with Gasteiger partial charge >= 0.3 is 0 Å². The SMILES string of the molecule is Cc1ccccc1CNc1cnc(C(=O)NCc2ccc(F)cc2)cn1. The molecule has 0 aliphatic carbocycles. The van der Waals surface area contributed by atoms with Gasteiger partial charge in [-0.15, -0.1) is 0 Å². The van der Waals surface area contributed by atoms with Gasteiger partial charge in [-0.3, -0.25) is 4.79 Å². The van der Waals surface area contributed by atoms with Gasteiger partial charge in [0.15, 0.2) is 0 Å². The van der Waals surface area contributed by atoms with Crippen molar-refractivity contribution in [3.63, 3.8) is 0 Å². The molecule has 0 atom stereocenters. The fourth-order valence-electron chi connectivity index (χ4n) is 2.41. The van der Waals surface area contributed by atoms with Crippen LogP contribution in [0.5, 0.6) is 0 Å². The molecule has 0 aliphatic rings. The Morgan fingerprint density at radius 2 is 1.77 bits per heavy atom. The molecule has 5 nitrogen and oxygen atoms in total. The van der Waals surface area contributed by atoms with E-state index in [-0.39, 0.29) is 17.4 Å². The average Bonchev–Trinajstić information content (AvgIpc) is 2.67. The molecule has 0 aliphatic heterocycles. The molecule has 0 bridgehead atoms. The normalized spacial score (nSPS) is 10.4. The first-order valence-corrected chi connectivity index (χ1v) is 8.25. The van der Waals surface area contributed by atoms with Crippen LogP contribution in [0, 0.1) is 12.7 Å². The lowest BCUT2D eigenvalue weighted by atomic mass is 10.1. The highest BCUT2D eigenvalue weighted by Gasteiger charge is 2.08. The van der Waals surface area contributed by atoms with E-state index in [9.17, 15) is 9.18 Å². The standard InChI is InChI=1S/C20H19FN4O/c1-14-4-2-3-5-16(14)11-23-19-13-22-18(12-24-19)20(26)25-10-15-6-8-17(21)9-7-15/h2-9,12-13H,10-11H2,1H3,(H,23,24)(H,25,26). The minimum absolute atomic E-state index is 0.230. The van der Waals surface area contributed by atoms with Crippen LogP contribution in [-0.4, -0.2) is 15.9 Å². The Bertz CT molecular complexity index is 879. The maximum Gasteiger partial charge on any atom is 0.271 e. The molecule has 1 heterocycles. The minimum atomic E-state index is -0.327. The molecule has 0 radical (unpaired) electrons. The summed E-state index contributed by atoms with van der Waals surface area (Å²) in [6.07, 6.45) is 2.96. The van der Waals surface area contributed by atoms with Crippen molar-refractivity contribution < 1.29 is 9.18 Å². The van der Waals surface area contributed by atoms with Crippen molar-refractivity contribution in [1.82, 2.24) is 15.3 Å². The highest BCUT2D eigenvalue weighted by Crippen LogP contribution is 2.10. The van der Waals surface area contributed by atoms with E-state index in [1.165, 1.54) is 35.7 Å².